The number of nitrogens with one attached hydrogen (secondary N) is 2. The molecule has 0 radical (unpaired) electrons. The van der Waals surface area contributed by atoms with Gasteiger partial charge >= 0.3 is 6.03 Å². The fourth-order valence-corrected chi connectivity index (χ4v) is 3.27. The van der Waals surface area contributed by atoms with E-state index in [1.165, 1.54) is 0 Å². The zero-order valence-electron chi connectivity index (χ0n) is 14.8. The average molecular weight is 367 g/mol. The summed E-state index contributed by atoms with van der Waals surface area (Å²) in [5.74, 6) is 0.829. The molecule has 0 atom stereocenters. The predicted octanol–water partition coefficient (Wildman–Crippen LogP) is 4.49. The molecule has 0 aliphatic rings. The SMILES string of the molecule is COc1ccc(CCNC(=O)Nc2ccc(-c3nc(C)cs3)cc2)cc1. The van der Waals surface area contributed by atoms with Gasteiger partial charge in [-0.05, 0) is 55.3 Å². The first-order chi connectivity index (χ1) is 12.6. The van der Waals surface area contributed by atoms with E-state index in [-0.39, 0.29) is 6.03 Å². The first kappa shape index (κ1) is 17.9. The lowest BCUT2D eigenvalue weighted by Gasteiger charge is -2.08. The van der Waals surface area contributed by atoms with Crippen LogP contribution in [0, 0.1) is 6.92 Å². The smallest absolute Gasteiger partial charge is 0.319 e. The third-order valence-corrected chi connectivity index (χ3v) is 4.88. The number of urea groups is 1. The second-order valence-corrected chi connectivity index (χ2v) is 6.71. The van der Waals surface area contributed by atoms with Crippen LogP contribution < -0.4 is 15.4 Å². The molecule has 2 amide bonds. The molecule has 26 heavy (non-hydrogen) atoms. The molecule has 0 unspecified atom stereocenters. The van der Waals surface area contributed by atoms with E-state index in [1.807, 2.05) is 60.8 Å². The number of carbonyl (C=O) groups excluding carboxylic acids is 1. The van der Waals surface area contributed by atoms with Crippen molar-refractivity contribution < 1.29 is 9.53 Å². The van der Waals surface area contributed by atoms with E-state index >= 15 is 0 Å². The third kappa shape index (κ3) is 4.83. The van der Waals surface area contributed by atoms with Crippen LogP contribution in [0.15, 0.2) is 53.9 Å². The normalized spacial score (nSPS) is 10.4. The number of rotatable bonds is 6. The molecule has 5 nitrogen and oxygen atoms in total. The van der Waals surface area contributed by atoms with E-state index in [0.717, 1.165) is 39.7 Å². The minimum Gasteiger partial charge on any atom is -0.497 e. The lowest BCUT2D eigenvalue weighted by molar-refractivity contribution is 0.252. The van der Waals surface area contributed by atoms with Gasteiger partial charge in [0.15, 0.2) is 0 Å². The standard InChI is InChI=1S/C20H21N3O2S/c1-14-13-26-19(22-14)16-5-7-17(8-6-16)23-20(24)21-12-11-15-3-9-18(25-2)10-4-15/h3-10,13H,11-12H2,1-2H3,(H2,21,23,24). The number of hydrogen-bond donors (Lipinski definition) is 2. The van der Waals surface area contributed by atoms with Crippen molar-refractivity contribution in [3.05, 3.63) is 65.2 Å². The Bertz CT molecular complexity index is 858. The summed E-state index contributed by atoms with van der Waals surface area (Å²) < 4.78 is 5.13. The summed E-state index contributed by atoms with van der Waals surface area (Å²) in [6.45, 7) is 2.54. The monoisotopic (exact) mass is 367 g/mol. The number of aromatic nitrogens is 1. The molecule has 1 aromatic heterocycles. The van der Waals surface area contributed by atoms with Gasteiger partial charge in [0.25, 0.3) is 0 Å². The number of nitrogens with zero attached hydrogens (tertiary/aromatic N) is 1. The van der Waals surface area contributed by atoms with Gasteiger partial charge in [0.05, 0.1) is 7.11 Å². The molecular formula is C20H21N3O2S. The molecular weight excluding hydrogens is 346 g/mol. The molecule has 6 heteroatoms. The minimum absolute atomic E-state index is 0.212. The van der Waals surface area contributed by atoms with Gasteiger partial charge in [-0.1, -0.05) is 12.1 Å². The van der Waals surface area contributed by atoms with Gasteiger partial charge in [0.2, 0.25) is 0 Å². The van der Waals surface area contributed by atoms with Gasteiger partial charge in [-0.25, -0.2) is 9.78 Å². The maximum atomic E-state index is 12.0. The number of hydrogen-bond acceptors (Lipinski definition) is 4. The fourth-order valence-electron chi connectivity index (χ4n) is 2.47. The molecule has 3 aromatic rings. The summed E-state index contributed by atoms with van der Waals surface area (Å²) >= 11 is 1.61. The molecule has 134 valence electrons. The van der Waals surface area contributed by atoms with Crippen LogP contribution >= 0.6 is 11.3 Å². The van der Waals surface area contributed by atoms with Crippen LogP contribution in [0.4, 0.5) is 10.5 Å². The average Bonchev–Trinajstić information content (AvgIpc) is 3.09. The van der Waals surface area contributed by atoms with Crippen molar-refractivity contribution >= 4 is 23.1 Å². The van der Waals surface area contributed by atoms with Crippen LogP contribution in [0.2, 0.25) is 0 Å². The van der Waals surface area contributed by atoms with E-state index in [4.69, 9.17) is 4.74 Å². The highest BCUT2D eigenvalue weighted by Gasteiger charge is 2.05. The summed E-state index contributed by atoms with van der Waals surface area (Å²) in [5.41, 5.74) is 3.97. The molecule has 0 spiro atoms. The zero-order chi connectivity index (χ0) is 18.4. The number of carbonyl (C=O) groups is 1. The van der Waals surface area contributed by atoms with E-state index in [0.29, 0.717) is 6.54 Å². The van der Waals surface area contributed by atoms with E-state index < -0.39 is 0 Å². The van der Waals surface area contributed by atoms with Crippen molar-refractivity contribution in [2.75, 3.05) is 19.0 Å². The molecule has 0 saturated heterocycles. The molecule has 0 saturated carbocycles. The van der Waals surface area contributed by atoms with Crippen LogP contribution in [0.5, 0.6) is 5.75 Å². The molecule has 0 aliphatic carbocycles. The van der Waals surface area contributed by atoms with Crippen molar-refractivity contribution in [2.24, 2.45) is 0 Å². The topological polar surface area (TPSA) is 63.2 Å². The van der Waals surface area contributed by atoms with Gasteiger partial charge in [0, 0.05) is 28.9 Å². The van der Waals surface area contributed by atoms with E-state index in [9.17, 15) is 4.79 Å². The second-order valence-electron chi connectivity index (χ2n) is 5.85. The largest absolute Gasteiger partial charge is 0.497 e. The first-order valence-corrected chi connectivity index (χ1v) is 9.22. The van der Waals surface area contributed by atoms with Crippen molar-refractivity contribution in [3.8, 4) is 16.3 Å². The zero-order valence-corrected chi connectivity index (χ0v) is 15.6. The van der Waals surface area contributed by atoms with Gasteiger partial charge in [-0.2, -0.15) is 0 Å². The van der Waals surface area contributed by atoms with Crippen LogP contribution in [0.1, 0.15) is 11.3 Å². The highest BCUT2D eigenvalue weighted by Crippen LogP contribution is 2.24. The lowest BCUT2D eigenvalue weighted by atomic mass is 10.1. The molecule has 3 rings (SSSR count). The molecule has 0 fully saturated rings. The maximum absolute atomic E-state index is 12.0. The summed E-state index contributed by atoms with van der Waals surface area (Å²) in [4.78, 5) is 16.5. The lowest BCUT2D eigenvalue weighted by Crippen LogP contribution is -2.30. The Labute approximate surface area is 157 Å². The minimum atomic E-state index is -0.212. The summed E-state index contributed by atoms with van der Waals surface area (Å²) in [5, 5.41) is 8.72. The van der Waals surface area contributed by atoms with Crippen LogP contribution in [0.25, 0.3) is 10.6 Å². The Morgan fingerprint density at radius 1 is 1.12 bits per heavy atom. The van der Waals surface area contributed by atoms with Crippen LogP contribution in [-0.2, 0) is 6.42 Å². The number of methoxy groups -OCH3 is 1. The Hall–Kier alpha value is -2.86. The third-order valence-electron chi connectivity index (χ3n) is 3.87. The molecule has 0 bridgehead atoms. The van der Waals surface area contributed by atoms with Gasteiger partial charge < -0.3 is 15.4 Å². The molecule has 2 N–H and O–H groups in total. The Kier molecular flexibility index (Phi) is 5.86. The van der Waals surface area contributed by atoms with Crippen molar-refractivity contribution in [1.29, 1.82) is 0 Å². The maximum Gasteiger partial charge on any atom is 0.319 e. The summed E-state index contributed by atoms with van der Waals surface area (Å²) in [6, 6.07) is 15.3. The van der Waals surface area contributed by atoms with Crippen molar-refractivity contribution in [3.63, 3.8) is 0 Å². The van der Waals surface area contributed by atoms with E-state index in [2.05, 4.69) is 15.6 Å². The number of amides is 2. The molecule has 2 aromatic carbocycles. The number of thiazole rings is 1. The van der Waals surface area contributed by atoms with Crippen molar-refractivity contribution in [2.45, 2.75) is 13.3 Å². The summed E-state index contributed by atoms with van der Waals surface area (Å²) in [7, 11) is 1.64. The van der Waals surface area contributed by atoms with E-state index in [1.54, 1.807) is 18.4 Å². The Morgan fingerprint density at radius 3 is 2.46 bits per heavy atom. The fraction of sp³-hybridized carbons (Fsp3) is 0.200. The number of aryl methyl sites for hydroxylation is 1. The van der Waals surface area contributed by atoms with Crippen molar-refractivity contribution in [1.82, 2.24) is 10.3 Å². The van der Waals surface area contributed by atoms with Crippen LogP contribution in [-0.4, -0.2) is 24.7 Å². The second kappa shape index (κ2) is 8.49. The quantitative estimate of drug-likeness (QED) is 0.675. The van der Waals surface area contributed by atoms with Gasteiger partial charge in [-0.3, -0.25) is 0 Å². The number of ether oxygens (including phenoxy) is 1. The molecule has 0 aliphatic heterocycles. The number of anilines is 1. The van der Waals surface area contributed by atoms with Gasteiger partial charge in [-0.15, -0.1) is 11.3 Å². The highest BCUT2D eigenvalue weighted by molar-refractivity contribution is 7.13. The highest BCUT2D eigenvalue weighted by atomic mass is 32.1. The Morgan fingerprint density at radius 2 is 1.85 bits per heavy atom. The predicted molar refractivity (Wildman–Crippen MR) is 106 cm³/mol. The first-order valence-electron chi connectivity index (χ1n) is 8.34. The molecule has 1 heterocycles. The Balaban J connectivity index is 1.46. The van der Waals surface area contributed by atoms with Gasteiger partial charge in [0.1, 0.15) is 10.8 Å². The number of benzene rings is 2. The van der Waals surface area contributed by atoms with Crippen LogP contribution in [0.3, 0.4) is 0 Å². The summed E-state index contributed by atoms with van der Waals surface area (Å²) in [6.07, 6.45) is 0.764.